The van der Waals surface area contributed by atoms with E-state index in [0.29, 0.717) is 18.9 Å². The number of hydrogen-bond donors (Lipinski definition) is 0. The molecule has 1 aliphatic rings. The fourth-order valence-corrected chi connectivity index (χ4v) is 2.22. The summed E-state index contributed by atoms with van der Waals surface area (Å²) in [6.07, 6.45) is 4.32. The van der Waals surface area contributed by atoms with E-state index < -0.39 is 29.1 Å². The van der Waals surface area contributed by atoms with Crippen molar-refractivity contribution in [3.05, 3.63) is 35.4 Å². The van der Waals surface area contributed by atoms with Crippen molar-refractivity contribution >= 4 is 11.9 Å². The van der Waals surface area contributed by atoms with E-state index in [0.717, 1.165) is 31.4 Å². The van der Waals surface area contributed by atoms with E-state index in [1.165, 1.54) is 0 Å². The molecule has 102 valence electrons. The van der Waals surface area contributed by atoms with E-state index in [1.54, 1.807) is 0 Å². The van der Waals surface area contributed by atoms with Gasteiger partial charge in [-0.3, -0.25) is 4.79 Å². The average Bonchev–Trinajstić information content (AvgIpc) is 2.39. The summed E-state index contributed by atoms with van der Waals surface area (Å²) in [4.78, 5) is 23.3. The Morgan fingerprint density at radius 2 is 1.79 bits per heavy atom. The Balaban J connectivity index is 2.02. The molecule has 1 aliphatic carbocycles. The Kier molecular flexibility index (Phi) is 4.24. The maximum absolute atomic E-state index is 13.3. The summed E-state index contributed by atoms with van der Waals surface area (Å²) < 4.78 is 30.7. The molecule has 0 saturated heterocycles. The number of carbonyl (C=O) groups is 2. The molecular formula is C14H14F2O3. The molecule has 0 N–H and O–H groups in total. The SMILES string of the molecule is O=C(OC(=O)C1CCCCC1)c1ccc(F)cc1F. The standard InChI is InChI=1S/C14H14F2O3/c15-10-6-7-11(12(16)8-10)14(18)19-13(17)9-4-2-1-3-5-9/h6-9H,1-5H2. The molecule has 1 aromatic carbocycles. The molecular weight excluding hydrogens is 254 g/mol. The van der Waals surface area contributed by atoms with E-state index in [2.05, 4.69) is 4.74 Å². The molecule has 19 heavy (non-hydrogen) atoms. The van der Waals surface area contributed by atoms with Gasteiger partial charge < -0.3 is 4.74 Å². The number of benzene rings is 1. The van der Waals surface area contributed by atoms with Gasteiger partial charge in [-0.15, -0.1) is 0 Å². The summed E-state index contributed by atoms with van der Waals surface area (Å²) in [5, 5.41) is 0. The van der Waals surface area contributed by atoms with Gasteiger partial charge in [0.05, 0.1) is 11.5 Å². The lowest BCUT2D eigenvalue weighted by molar-refractivity contribution is -0.143. The van der Waals surface area contributed by atoms with Gasteiger partial charge in [0.2, 0.25) is 0 Å². The summed E-state index contributed by atoms with van der Waals surface area (Å²) >= 11 is 0. The highest BCUT2D eigenvalue weighted by molar-refractivity contribution is 5.97. The van der Waals surface area contributed by atoms with Gasteiger partial charge in [-0.05, 0) is 25.0 Å². The molecule has 1 fully saturated rings. The summed E-state index contributed by atoms with van der Waals surface area (Å²) in [6, 6.07) is 2.51. The zero-order chi connectivity index (χ0) is 13.8. The largest absolute Gasteiger partial charge is 0.389 e. The van der Waals surface area contributed by atoms with E-state index in [9.17, 15) is 18.4 Å². The van der Waals surface area contributed by atoms with Crippen LogP contribution in [0.1, 0.15) is 42.5 Å². The topological polar surface area (TPSA) is 43.4 Å². The Labute approximate surface area is 109 Å². The zero-order valence-corrected chi connectivity index (χ0v) is 10.3. The molecule has 2 rings (SSSR count). The van der Waals surface area contributed by atoms with Crippen LogP contribution in [0.3, 0.4) is 0 Å². The van der Waals surface area contributed by atoms with Crippen LogP contribution in [0.4, 0.5) is 8.78 Å². The molecule has 5 heteroatoms. The van der Waals surface area contributed by atoms with Gasteiger partial charge in [-0.25, -0.2) is 13.6 Å². The smallest absolute Gasteiger partial charge is 0.348 e. The first-order valence-corrected chi connectivity index (χ1v) is 6.29. The van der Waals surface area contributed by atoms with Crippen molar-refractivity contribution in [2.24, 2.45) is 5.92 Å². The maximum atomic E-state index is 13.3. The van der Waals surface area contributed by atoms with Crippen molar-refractivity contribution < 1.29 is 23.1 Å². The Hall–Kier alpha value is -1.78. The van der Waals surface area contributed by atoms with Crippen LogP contribution in [-0.2, 0) is 9.53 Å². The second kappa shape index (κ2) is 5.91. The van der Waals surface area contributed by atoms with Crippen LogP contribution in [0, 0.1) is 17.6 Å². The lowest BCUT2D eigenvalue weighted by atomic mass is 9.89. The molecule has 0 heterocycles. The Bertz CT molecular complexity index is 493. The highest BCUT2D eigenvalue weighted by Gasteiger charge is 2.26. The summed E-state index contributed by atoms with van der Waals surface area (Å²) in [5.41, 5.74) is -0.425. The van der Waals surface area contributed by atoms with Gasteiger partial charge in [0.1, 0.15) is 11.6 Å². The van der Waals surface area contributed by atoms with Crippen molar-refractivity contribution in [3.8, 4) is 0 Å². The van der Waals surface area contributed by atoms with Gasteiger partial charge in [0.25, 0.3) is 0 Å². The van der Waals surface area contributed by atoms with Crippen LogP contribution < -0.4 is 0 Å². The monoisotopic (exact) mass is 268 g/mol. The third-order valence-corrected chi connectivity index (χ3v) is 3.28. The van der Waals surface area contributed by atoms with Gasteiger partial charge >= 0.3 is 11.9 Å². The maximum Gasteiger partial charge on any atom is 0.348 e. The van der Waals surface area contributed by atoms with Crippen molar-refractivity contribution in [2.75, 3.05) is 0 Å². The minimum absolute atomic E-state index is 0.291. The molecule has 1 aromatic rings. The Morgan fingerprint density at radius 3 is 2.42 bits per heavy atom. The number of halogens is 2. The molecule has 0 unspecified atom stereocenters. The molecule has 3 nitrogen and oxygen atoms in total. The van der Waals surface area contributed by atoms with E-state index in [1.807, 2.05) is 0 Å². The van der Waals surface area contributed by atoms with Crippen molar-refractivity contribution in [1.82, 2.24) is 0 Å². The third-order valence-electron chi connectivity index (χ3n) is 3.28. The second-order valence-corrected chi connectivity index (χ2v) is 4.67. The van der Waals surface area contributed by atoms with Gasteiger partial charge in [-0.1, -0.05) is 19.3 Å². The number of carbonyl (C=O) groups excluding carboxylic acids is 2. The lowest BCUT2D eigenvalue weighted by Gasteiger charge is -2.19. The fraction of sp³-hybridized carbons (Fsp3) is 0.429. The van der Waals surface area contributed by atoms with E-state index in [4.69, 9.17) is 0 Å². The number of rotatable bonds is 2. The van der Waals surface area contributed by atoms with Crippen LogP contribution in [0.5, 0.6) is 0 Å². The van der Waals surface area contributed by atoms with Crippen LogP contribution in [0.15, 0.2) is 18.2 Å². The lowest BCUT2D eigenvalue weighted by Crippen LogP contribution is -2.23. The minimum Gasteiger partial charge on any atom is -0.389 e. The number of esters is 2. The molecule has 0 aliphatic heterocycles. The van der Waals surface area contributed by atoms with Crippen LogP contribution in [0.25, 0.3) is 0 Å². The first kappa shape index (κ1) is 13.6. The Morgan fingerprint density at radius 1 is 1.11 bits per heavy atom. The van der Waals surface area contributed by atoms with Crippen LogP contribution >= 0.6 is 0 Å². The molecule has 0 spiro atoms. The number of hydrogen-bond acceptors (Lipinski definition) is 3. The average molecular weight is 268 g/mol. The molecule has 0 atom stereocenters. The highest BCUT2D eigenvalue weighted by Crippen LogP contribution is 2.25. The van der Waals surface area contributed by atoms with Gasteiger partial charge in [0, 0.05) is 6.07 Å². The predicted molar refractivity (Wildman–Crippen MR) is 63.4 cm³/mol. The van der Waals surface area contributed by atoms with Crippen molar-refractivity contribution in [3.63, 3.8) is 0 Å². The zero-order valence-electron chi connectivity index (χ0n) is 10.3. The second-order valence-electron chi connectivity index (χ2n) is 4.67. The molecule has 1 saturated carbocycles. The minimum atomic E-state index is -1.06. The summed E-state index contributed by atoms with van der Waals surface area (Å²) in [5.74, 6) is -3.78. The van der Waals surface area contributed by atoms with E-state index in [-0.39, 0.29) is 5.92 Å². The first-order chi connectivity index (χ1) is 9.08. The molecule has 0 radical (unpaired) electrons. The van der Waals surface area contributed by atoms with E-state index >= 15 is 0 Å². The first-order valence-electron chi connectivity index (χ1n) is 6.29. The quantitative estimate of drug-likeness (QED) is 0.611. The number of ether oxygens (including phenoxy) is 1. The van der Waals surface area contributed by atoms with Gasteiger partial charge in [0.15, 0.2) is 0 Å². The van der Waals surface area contributed by atoms with Gasteiger partial charge in [-0.2, -0.15) is 0 Å². The summed E-state index contributed by atoms with van der Waals surface area (Å²) in [7, 11) is 0. The van der Waals surface area contributed by atoms with Crippen LogP contribution in [-0.4, -0.2) is 11.9 Å². The fourth-order valence-electron chi connectivity index (χ4n) is 2.22. The predicted octanol–water partition coefficient (Wildman–Crippen LogP) is 3.23. The molecule has 0 aromatic heterocycles. The van der Waals surface area contributed by atoms with Crippen molar-refractivity contribution in [1.29, 1.82) is 0 Å². The molecule has 0 bridgehead atoms. The molecule has 0 amide bonds. The van der Waals surface area contributed by atoms with Crippen molar-refractivity contribution in [2.45, 2.75) is 32.1 Å². The summed E-state index contributed by atoms with van der Waals surface area (Å²) in [6.45, 7) is 0. The highest BCUT2D eigenvalue weighted by atomic mass is 19.1. The third kappa shape index (κ3) is 3.36. The van der Waals surface area contributed by atoms with Crippen LogP contribution in [0.2, 0.25) is 0 Å². The normalized spacial score (nSPS) is 16.1.